The average Bonchev–Trinajstić information content (AvgIpc) is 3.11. The minimum Gasteiger partial charge on any atom is -0.305 e. The number of halogens is 1. The molecular weight excluding hydrogens is 313 g/mol. The first kappa shape index (κ1) is 15.7. The Kier molecular flexibility index (Phi) is 4.76. The molecule has 0 bridgehead atoms. The summed E-state index contributed by atoms with van der Waals surface area (Å²) in [6.07, 6.45) is 5.93. The summed E-state index contributed by atoms with van der Waals surface area (Å²) in [5.41, 5.74) is 1.71. The van der Waals surface area contributed by atoms with Crippen molar-refractivity contribution in [1.29, 1.82) is 0 Å². The van der Waals surface area contributed by atoms with Crippen LogP contribution in [0.5, 0.6) is 0 Å². The predicted molar refractivity (Wildman–Crippen MR) is 88.7 cm³/mol. The monoisotopic (exact) mass is 331 g/mol. The van der Waals surface area contributed by atoms with Gasteiger partial charge in [0.15, 0.2) is 11.0 Å². The average molecular weight is 331 g/mol. The molecule has 3 aromatic rings. The Morgan fingerprint density at radius 3 is 2.74 bits per heavy atom. The number of hydrogen-bond donors (Lipinski definition) is 0. The minimum atomic E-state index is -0.281. The van der Waals surface area contributed by atoms with Gasteiger partial charge in [-0.15, -0.1) is 10.2 Å². The normalized spacial score (nSPS) is 11.1. The zero-order chi connectivity index (χ0) is 16.2. The lowest BCUT2D eigenvalue weighted by Crippen LogP contribution is -1.97. The lowest BCUT2D eigenvalue weighted by molar-refractivity contribution is 0.628. The van der Waals surface area contributed by atoms with Crippen LogP contribution in [0.15, 0.2) is 41.8 Å². The van der Waals surface area contributed by atoms with E-state index >= 15 is 0 Å². The van der Waals surface area contributed by atoms with Crippen molar-refractivity contribution >= 4 is 11.8 Å². The molecule has 2 aromatic heterocycles. The molecule has 23 heavy (non-hydrogen) atoms. The van der Waals surface area contributed by atoms with Gasteiger partial charge in [-0.1, -0.05) is 23.9 Å². The van der Waals surface area contributed by atoms with Crippen LogP contribution < -0.4 is 0 Å². The van der Waals surface area contributed by atoms with Crippen molar-refractivity contribution in [2.75, 3.05) is 5.75 Å². The molecule has 0 unspecified atom stereocenters. The van der Waals surface area contributed by atoms with Gasteiger partial charge in [-0.25, -0.2) is 4.39 Å². The maximum atomic E-state index is 13.9. The van der Waals surface area contributed by atoms with Gasteiger partial charge in [-0.3, -0.25) is 4.68 Å². The smallest absolute Gasteiger partial charge is 0.191 e. The molecule has 0 N–H and O–H groups in total. The predicted octanol–water partition coefficient (Wildman–Crippen LogP) is 3.08. The van der Waals surface area contributed by atoms with Crippen molar-refractivity contribution in [2.45, 2.75) is 18.0 Å². The second-order valence-electron chi connectivity index (χ2n) is 5.32. The van der Waals surface area contributed by atoms with Gasteiger partial charge >= 0.3 is 0 Å². The van der Waals surface area contributed by atoms with E-state index < -0.39 is 0 Å². The fourth-order valence-corrected chi connectivity index (χ4v) is 3.21. The fraction of sp³-hybridized carbons (Fsp3) is 0.312. The third-order valence-electron chi connectivity index (χ3n) is 3.55. The molecule has 7 heteroatoms. The maximum Gasteiger partial charge on any atom is 0.191 e. The van der Waals surface area contributed by atoms with E-state index in [-0.39, 0.29) is 5.82 Å². The van der Waals surface area contributed by atoms with E-state index in [9.17, 15) is 4.39 Å². The third-order valence-corrected chi connectivity index (χ3v) is 4.66. The molecule has 5 nitrogen and oxygen atoms in total. The molecule has 0 fully saturated rings. The Balaban J connectivity index is 1.60. The molecular formula is C16H18FN5S. The first-order valence-corrected chi connectivity index (χ1v) is 8.38. The van der Waals surface area contributed by atoms with E-state index in [4.69, 9.17) is 0 Å². The molecule has 0 spiro atoms. The van der Waals surface area contributed by atoms with Crippen LogP contribution >= 0.6 is 11.8 Å². The lowest BCUT2D eigenvalue weighted by atomic mass is 10.2. The zero-order valence-corrected chi connectivity index (χ0v) is 13.9. The van der Waals surface area contributed by atoms with Gasteiger partial charge < -0.3 is 4.57 Å². The Bertz CT molecular complexity index is 795. The van der Waals surface area contributed by atoms with Crippen molar-refractivity contribution in [1.82, 2.24) is 24.5 Å². The number of aryl methyl sites for hydroxylation is 2. The van der Waals surface area contributed by atoms with Gasteiger partial charge in [0.25, 0.3) is 0 Å². The van der Waals surface area contributed by atoms with Crippen LogP contribution in [0, 0.1) is 5.82 Å². The number of aromatic nitrogens is 5. The van der Waals surface area contributed by atoms with Crippen molar-refractivity contribution < 1.29 is 4.39 Å². The number of hydrogen-bond acceptors (Lipinski definition) is 4. The van der Waals surface area contributed by atoms with E-state index in [1.165, 1.54) is 11.6 Å². The zero-order valence-electron chi connectivity index (χ0n) is 13.1. The van der Waals surface area contributed by atoms with Crippen LogP contribution in [-0.4, -0.2) is 30.3 Å². The van der Waals surface area contributed by atoms with Gasteiger partial charge in [0.2, 0.25) is 0 Å². The minimum absolute atomic E-state index is 0.281. The molecule has 0 amide bonds. The van der Waals surface area contributed by atoms with Crippen molar-refractivity contribution in [3.8, 4) is 11.4 Å². The van der Waals surface area contributed by atoms with E-state index in [1.54, 1.807) is 30.0 Å². The summed E-state index contributed by atoms with van der Waals surface area (Å²) in [7, 11) is 3.78. The van der Waals surface area contributed by atoms with Gasteiger partial charge in [-0.05, 0) is 30.5 Å². The molecule has 1 aromatic carbocycles. The Morgan fingerprint density at radius 1 is 1.17 bits per heavy atom. The number of rotatable bonds is 6. The molecule has 3 rings (SSSR count). The molecule has 0 aliphatic heterocycles. The highest BCUT2D eigenvalue weighted by molar-refractivity contribution is 7.99. The molecule has 0 saturated heterocycles. The summed E-state index contributed by atoms with van der Waals surface area (Å²) in [6.45, 7) is 0. The molecule has 0 radical (unpaired) electrons. The second kappa shape index (κ2) is 6.95. The standard InChI is InChI=1S/C16H18FN5S/c1-21-11-12(10-18-21)6-5-9-23-16-20-19-15(22(16)2)13-7-3-4-8-14(13)17/h3-4,7-8,10-11H,5-6,9H2,1-2H3. The highest BCUT2D eigenvalue weighted by atomic mass is 32.2. The van der Waals surface area contributed by atoms with Gasteiger partial charge in [0.05, 0.1) is 11.8 Å². The van der Waals surface area contributed by atoms with Crippen molar-refractivity contribution in [3.05, 3.63) is 48.0 Å². The number of nitrogens with zero attached hydrogens (tertiary/aromatic N) is 5. The summed E-state index contributed by atoms with van der Waals surface area (Å²) < 4.78 is 17.5. The van der Waals surface area contributed by atoms with Crippen LogP contribution in [0.3, 0.4) is 0 Å². The van der Waals surface area contributed by atoms with E-state index in [0.29, 0.717) is 11.4 Å². The largest absolute Gasteiger partial charge is 0.305 e. The third kappa shape index (κ3) is 3.61. The topological polar surface area (TPSA) is 48.5 Å². The van der Waals surface area contributed by atoms with Crippen LogP contribution in [0.4, 0.5) is 4.39 Å². The summed E-state index contributed by atoms with van der Waals surface area (Å²) in [5.74, 6) is 1.20. The first-order valence-electron chi connectivity index (χ1n) is 7.40. The molecule has 120 valence electrons. The van der Waals surface area contributed by atoms with E-state index in [0.717, 1.165) is 23.8 Å². The Labute approximate surface area is 138 Å². The molecule has 0 aliphatic carbocycles. The number of benzene rings is 1. The highest BCUT2D eigenvalue weighted by Gasteiger charge is 2.14. The summed E-state index contributed by atoms with van der Waals surface area (Å²) in [5, 5.41) is 13.3. The SMILES string of the molecule is Cn1cc(CCCSc2nnc(-c3ccccc3F)n2C)cn1. The van der Waals surface area contributed by atoms with Crippen LogP contribution in [0.2, 0.25) is 0 Å². The van der Waals surface area contributed by atoms with E-state index in [1.807, 2.05) is 35.7 Å². The summed E-state index contributed by atoms with van der Waals surface area (Å²) in [6, 6.07) is 6.62. The Hall–Kier alpha value is -2.15. The summed E-state index contributed by atoms with van der Waals surface area (Å²) in [4.78, 5) is 0. The maximum absolute atomic E-state index is 13.9. The quantitative estimate of drug-likeness (QED) is 0.514. The van der Waals surface area contributed by atoms with Gasteiger partial charge in [-0.2, -0.15) is 5.10 Å². The Morgan fingerprint density at radius 2 is 2.00 bits per heavy atom. The van der Waals surface area contributed by atoms with Crippen LogP contribution in [0.25, 0.3) is 11.4 Å². The lowest BCUT2D eigenvalue weighted by Gasteiger charge is -2.04. The fourth-order valence-electron chi connectivity index (χ4n) is 2.36. The molecule has 2 heterocycles. The highest BCUT2D eigenvalue weighted by Crippen LogP contribution is 2.25. The van der Waals surface area contributed by atoms with Crippen molar-refractivity contribution in [3.63, 3.8) is 0 Å². The van der Waals surface area contributed by atoms with Crippen LogP contribution in [-0.2, 0) is 20.5 Å². The summed E-state index contributed by atoms with van der Waals surface area (Å²) >= 11 is 1.63. The first-order chi connectivity index (χ1) is 11.1. The second-order valence-corrected chi connectivity index (χ2v) is 6.38. The number of thioether (sulfide) groups is 1. The van der Waals surface area contributed by atoms with Crippen molar-refractivity contribution in [2.24, 2.45) is 14.1 Å². The molecule has 0 atom stereocenters. The van der Waals surface area contributed by atoms with Crippen LogP contribution in [0.1, 0.15) is 12.0 Å². The molecule has 0 saturated carbocycles. The van der Waals surface area contributed by atoms with E-state index in [2.05, 4.69) is 15.3 Å². The van der Waals surface area contributed by atoms with Gasteiger partial charge in [0, 0.05) is 26.0 Å². The van der Waals surface area contributed by atoms with Gasteiger partial charge in [0.1, 0.15) is 5.82 Å². The molecule has 0 aliphatic rings.